The summed E-state index contributed by atoms with van der Waals surface area (Å²) in [5, 5.41) is 1.45. The van der Waals surface area contributed by atoms with Crippen LogP contribution in [0.4, 0.5) is 13.2 Å². The molecule has 0 saturated carbocycles. The minimum atomic E-state index is -1.00. The van der Waals surface area contributed by atoms with Crippen LogP contribution in [-0.2, 0) is 12.8 Å². The van der Waals surface area contributed by atoms with E-state index in [0.29, 0.717) is 16.5 Å². The standard InChI is InChI=1S/C11H9FO2.C10H8BrFO.C4H9.CH3F.CH4.B.Li/c1-2-7-6-14-11-9(12)4-3-8(5-13)10(7)11;1-2-6-5-13-10-8(12)4-3-7(11)9(6)10;1-3-4-2;1-2;;;/h3-6H,2H2,1H3;3-5H,2H2,1H3;1,3-4H2,2H3;1H3;1H4;;/q;;-1;;;;+1/i;;;1D;;;. The first-order valence-corrected chi connectivity index (χ1v) is 11.3. The van der Waals surface area contributed by atoms with Gasteiger partial charge in [-0.25, -0.2) is 8.78 Å². The molecule has 2 heterocycles. The third-order valence-electron chi connectivity index (χ3n) is 4.72. The largest absolute Gasteiger partial charge is 1.00 e. The molecule has 0 aliphatic carbocycles. The van der Waals surface area contributed by atoms with Gasteiger partial charge < -0.3 is 15.8 Å². The van der Waals surface area contributed by atoms with E-state index in [-0.39, 0.29) is 46.1 Å². The van der Waals surface area contributed by atoms with Gasteiger partial charge in [0.25, 0.3) is 0 Å². The monoisotopic (exact) mass is 560 g/mol. The van der Waals surface area contributed by atoms with E-state index in [1.54, 1.807) is 12.3 Å². The van der Waals surface area contributed by atoms with Crippen molar-refractivity contribution in [3.05, 3.63) is 76.5 Å². The summed E-state index contributed by atoms with van der Waals surface area (Å²) in [6, 6.07) is 5.82. The van der Waals surface area contributed by atoms with Crippen molar-refractivity contribution in [1.29, 1.82) is 0 Å². The van der Waals surface area contributed by atoms with Gasteiger partial charge in [-0.15, -0.1) is 0 Å². The zero-order valence-electron chi connectivity index (χ0n) is 21.6. The van der Waals surface area contributed by atoms with Gasteiger partial charge in [-0.3, -0.25) is 9.18 Å². The predicted molar refractivity (Wildman–Crippen MR) is 144 cm³/mol. The van der Waals surface area contributed by atoms with E-state index in [9.17, 15) is 18.0 Å². The van der Waals surface area contributed by atoms with Crippen LogP contribution in [0, 0.1) is 18.6 Å². The molecular weight excluding hydrogens is 527 g/mol. The minimum Gasteiger partial charge on any atom is -0.461 e. The second-order valence-electron chi connectivity index (χ2n) is 6.77. The molecule has 0 fully saturated rings. The van der Waals surface area contributed by atoms with E-state index in [1.807, 2.05) is 13.8 Å². The summed E-state index contributed by atoms with van der Waals surface area (Å²) in [7, 11) is -1.00. The third-order valence-corrected chi connectivity index (χ3v) is 5.38. The van der Waals surface area contributed by atoms with Crippen LogP contribution in [0.25, 0.3) is 21.9 Å². The average Bonchev–Trinajstić information content (AvgIpc) is 3.49. The molecule has 2 aromatic heterocycles. The molecule has 0 spiro atoms. The Labute approximate surface area is 236 Å². The number of halogens is 4. The van der Waals surface area contributed by atoms with Crippen molar-refractivity contribution in [1.82, 2.24) is 0 Å². The van der Waals surface area contributed by atoms with E-state index < -0.39 is 13.0 Å². The summed E-state index contributed by atoms with van der Waals surface area (Å²) in [6.45, 7) is 9.67. The van der Waals surface area contributed by atoms with E-state index in [1.165, 1.54) is 30.9 Å². The number of carbonyl (C=O) groups excluding carboxylic acids is 1. The normalized spacial score (nSPS) is 9.50. The van der Waals surface area contributed by atoms with Crippen molar-refractivity contribution in [2.75, 3.05) is 7.15 Å². The fourth-order valence-corrected chi connectivity index (χ4v) is 3.53. The quantitative estimate of drug-likeness (QED) is 0.167. The Balaban J connectivity index is -0.000000471. The first-order chi connectivity index (χ1) is 16.3. The van der Waals surface area contributed by atoms with E-state index in [0.717, 1.165) is 46.5 Å². The van der Waals surface area contributed by atoms with E-state index in [2.05, 4.69) is 29.8 Å². The van der Waals surface area contributed by atoms with Crippen LogP contribution >= 0.6 is 15.9 Å². The van der Waals surface area contributed by atoms with Gasteiger partial charge in [-0.05, 0) is 48.2 Å². The molecule has 3 nitrogen and oxygen atoms in total. The molecule has 0 N–H and O–H groups in total. The molecule has 36 heavy (non-hydrogen) atoms. The molecule has 0 unspecified atom stereocenters. The Kier molecular flexibility index (Phi) is 20.4. The zero-order chi connectivity index (χ0) is 25.7. The minimum absolute atomic E-state index is 0. The van der Waals surface area contributed by atoms with E-state index >= 15 is 0 Å². The summed E-state index contributed by atoms with van der Waals surface area (Å²) in [5.41, 5.74) is 2.88. The maximum atomic E-state index is 13.2. The Morgan fingerprint density at radius 3 is 1.81 bits per heavy atom. The van der Waals surface area contributed by atoms with Crippen LogP contribution in [-0.4, -0.2) is 21.9 Å². The number of aryl methyl sites for hydroxylation is 2. The number of benzene rings is 2. The van der Waals surface area contributed by atoms with Gasteiger partial charge in [0, 0.05) is 29.2 Å². The Morgan fingerprint density at radius 1 is 0.972 bits per heavy atom. The number of rotatable bonds is 4. The molecule has 9 heteroatoms. The van der Waals surface area contributed by atoms with Crippen LogP contribution in [0.2, 0.25) is 0 Å². The average molecular weight is 561 g/mol. The van der Waals surface area contributed by atoms with Crippen LogP contribution in [0.3, 0.4) is 0 Å². The predicted octanol–water partition coefficient (Wildman–Crippen LogP) is 6.31. The molecule has 0 amide bonds. The molecule has 0 bridgehead atoms. The fraction of sp³-hybridized carbons (Fsp3) is 0.333. The summed E-state index contributed by atoms with van der Waals surface area (Å²) < 4.78 is 53.1. The molecule has 2 aromatic carbocycles. The van der Waals surface area contributed by atoms with Gasteiger partial charge in [0.2, 0.25) is 0 Å². The Bertz CT molecular complexity index is 1180. The van der Waals surface area contributed by atoms with Crippen molar-refractivity contribution >= 4 is 52.6 Å². The van der Waals surface area contributed by atoms with Crippen molar-refractivity contribution in [2.24, 2.45) is 0 Å². The van der Waals surface area contributed by atoms with Crippen LogP contribution in [0.1, 0.15) is 63.9 Å². The number of fused-ring (bicyclic) bond motifs is 2. The number of carbonyl (C=O) groups is 1. The van der Waals surface area contributed by atoms with Crippen molar-refractivity contribution in [2.45, 2.75) is 53.9 Å². The van der Waals surface area contributed by atoms with E-state index in [4.69, 9.17) is 10.2 Å². The summed E-state index contributed by atoms with van der Waals surface area (Å²) in [4.78, 5) is 10.7. The number of hydrogen-bond donors (Lipinski definition) is 0. The van der Waals surface area contributed by atoms with Crippen LogP contribution in [0.15, 0.2) is 50.1 Å². The molecule has 4 aromatic rings. The maximum Gasteiger partial charge on any atom is 1.00 e. The van der Waals surface area contributed by atoms with Crippen LogP contribution < -0.4 is 18.9 Å². The molecule has 0 aliphatic rings. The number of furan rings is 2. The Hall–Kier alpha value is -1.88. The SMILES string of the molecule is C.CCc1coc2c(F)ccc(Br)c12.CCc1coc2c(F)ccc(C=O)c12.[2H]CF.[B].[CH2-]CCC.[Li+]. The third kappa shape index (κ3) is 9.54. The number of unbranched alkanes of at least 4 members (excludes halogenated alkanes) is 1. The summed E-state index contributed by atoms with van der Waals surface area (Å²) >= 11 is 3.38. The smallest absolute Gasteiger partial charge is 0.461 e. The topological polar surface area (TPSA) is 43.4 Å². The van der Waals surface area contributed by atoms with Gasteiger partial charge in [-0.2, -0.15) is 6.42 Å². The van der Waals surface area contributed by atoms with Gasteiger partial charge in [-0.1, -0.05) is 50.5 Å². The summed E-state index contributed by atoms with van der Waals surface area (Å²) in [6.07, 6.45) is 7.67. The molecule has 3 radical (unpaired) electrons. The van der Waals surface area contributed by atoms with Gasteiger partial charge in [0.1, 0.15) is 0 Å². The molecule has 191 valence electrons. The number of hydrogen-bond acceptors (Lipinski definition) is 3. The van der Waals surface area contributed by atoms with Gasteiger partial charge in [0.15, 0.2) is 29.1 Å². The zero-order valence-corrected chi connectivity index (χ0v) is 22.2. The van der Waals surface area contributed by atoms with Crippen molar-refractivity contribution in [3.63, 3.8) is 0 Å². The van der Waals surface area contributed by atoms with Gasteiger partial charge >= 0.3 is 18.9 Å². The van der Waals surface area contributed by atoms with Gasteiger partial charge in [0.05, 0.1) is 21.1 Å². The first kappa shape index (κ1) is 36.3. The number of aldehydes is 1. The molecular formula is C27H33BBrF3LiO3. The molecule has 4 rings (SSSR count). The maximum absolute atomic E-state index is 13.2. The molecule has 0 aliphatic heterocycles. The molecule has 0 saturated heterocycles. The van der Waals surface area contributed by atoms with Crippen molar-refractivity contribution < 1.29 is 47.0 Å². The summed E-state index contributed by atoms with van der Waals surface area (Å²) in [5.74, 6) is -0.733. The van der Waals surface area contributed by atoms with Crippen LogP contribution in [0.5, 0.6) is 0 Å². The fourth-order valence-electron chi connectivity index (χ4n) is 2.96. The first-order valence-electron chi connectivity index (χ1n) is 11.2. The second-order valence-corrected chi connectivity index (χ2v) is 7.63. The second kappa shape index (κ2) is 20.2. The van der Waals surface area contributed by atoms with Crippen molar-refractivity contribution in [3.8, 4) is 0 Å². The Morgan fingerprint density at radius 2 is 1.39 bits per heavy atom. The molecule has 0 atom stereocenters. The number of alkyl halides is 1.